The molecule has 0 bridgehead atoms. The van der Waals surface area contributed by atoms with Crippen molar-refractivity contribution in [3.8, 4) is 5.75 Å². The minimum Gasteiger partial charge on any atom is -0.492 e. The van der Waals surface area contributed by atoms with Crippen LogP contribution in [-0.2, 0) is 9.59 Å². The Morgan fingerprint density at radius 2 is 1.96 bits per heavy atom. The molecule has 1 fully saturated rings. The number of hydrogen-bond donors (Lipinski definition) is 2. The molecule has 0 radical (unpaired) electrons. The van der Waals surface area contributed by atoms with Crippen molar-refractivity contribution in [1.29, 1.82) is 0 Å². The summed E-state index contributed by atoms with van der Waals surface area (Å²) in [7, 11) is 0. The number of amides is 2. The zero-order valence-corrected chi connectivity index (χ0v) is 14.6. The smallest absolute Gasteiger partial charge is 0.253 e. The van der Waals surface area contributed by atoms with Crippen LogP contribution in [0.25, 0.3) is 0 Å². The van der Waals surface area contributed by atoms with E-state index in [1.165, 1.54) is 11.8 Å². The van der Waals surface area contributed by atoms with E-state index in [1.807, 2.05) is 26.0 Å². The van der Waals surface area contributed by atoms with Crippen LogP contribution in [0.3, 0.4) is 0 Å². The Bertz CT molecular complexity index is 597. The normalized spacial score (nSPS) is 20.6. The van der Waals surface area contributed by atoms with Gasteiger partial charge in [-0.2, -0.15) is 0 Å². The number of benzene rings is 1. The van der Waals surface area contributed by atoms with Crippen LogP contribution in [0.4, 0.5) is 0 Å². The lowest BCUT2D eigenvalue weighted by atomic mass is 9.92. The highest BCUT2D eigenvalue weighted by Crippen LogP contribution is 2.21. The number of nitrogens with zero attached hydrogens (tertiary/aromatic N) is 1. The lowest BCUT2D eigenvalue weighted by Crippen LogP contribution is -2.58. The third-order valence-corrected chi connectivity index (χ3v) is 4.19. The van der Waals surface area contributed by atoms with E-state index < -0.39 is 11.5 Å². The van der Waals surface area contributed by atoms with Gasteiger partial charge in [0.25, 0.3) is 5.91 Å². The maximum absolute atomic E-state index is 12.3. The molecule has 1 aromatic carbocycles. The van der Waals surface area contributed by atoms with Crippen LogP contribution in [0.2, 0.25) is 0 Å². The number of hydrogen-bond acceptors (Lipinski definition) is 4. The highest BCUT2D eigenvalue weighted by Gasteiger charge is 2.40. The van der Waals surface area contributed by atoms with Crippen LogP contribution >= 0.6 is 0 Å². The number of aliphatic hydroxyl groups is 1. The fourth-order valence-electron chi connectivity index (χ4n) is 3.00. The van der Waals surface area contributed by atoms with Gasteiger partial charge < -0.3 is 20.1 Å². The zero-order valence-electron chi connectivity index (χ0n) is 14.6. The SMILES string of the molecule is CC(=O)N1CCC[C@](O)(C(=O)NCCOc2cc(C)cc(C)c2)C1. The molecule has 1 saturated heterocycles. The van der Waals surface area contributed by atoms with Crippen molar-refractivity contribution < 1.29 is 19.4 Å². The van der Waals surface area contributed by atoms with E-state index in [1.54, 1.807) is 0 Å². The first kappa shape index (κ1) is 18.3. The summed E-state index contributed by atoms with van der Waals surface area (Å²) in [5.74, 6) is 0.192. The van der Waals surface area contributed by atoms with Crippen LogP contribution in [0.5, 0.6) is 5.75 Å². The number of likely N-dealkylation sites (tertiary alicyclic amines) is 1. The van der Waals surface area contributed by atoms with Gasteiger partial charge in [-0.3, -0.25) is 9.59 Å². The number of ether oxygens (including phenoxy) is 1. The molecule has 1 atom stereocenters. The van der Waals surface area contributed by atoms with E-state index in [-0.39, 0.29) is 12.5 Å². The molecule has 0 aromatic heterocycles. The second-order valence-corrected chi connectivity index (χ2v) is 6.50. The fraction of sp³-hybridized carbons (Fsp3) is 0.556. The zero-order chi connectivity index (χ0) is 17.7. The fourth-order valence-corrected chi connectivity index (χ4v) is 3.00. The van der Waals surface area contributed by atoms with Crippen LogP contribution < -0.4 is 10.1 Å². The highest BCUT2D eigenvalue weighted by molar-refractivity contribution is 5.86. The van der Waals surface area contributed by atoms with Crippen molar-refractivity contribution in [3.63, 3.8) is 0 Å². The van der Waals surface area contributed by atoms with Gasteiger partial charge in [-0.1, -0.05) is 6.07 Å². The van der Waals surface area contributed by atoms with Crippen LogP contribution in [-0.4, -0.2) is 53.7 Å². The Hall–Kier alpha value is -2.08. The van der Waals surface area contributed by atoms with Gasteiger partial charge in [0.05, 0.1) is 13.1 Å². The molecular weight excluding hydrogens is 308 g/mol. The average molecular weight is 334 g/mol. The summed E-state index contributed by atoms with van der Waals surface area (Å²) in [5, 5.41) is 13.2. The largest absolute Gasteiger partial charge is 0.492 e. The van der Waals surface area contributed by atoms with E-state index >= 15 is 0 Å². The lowest BCUT2D eigenvalue weighted by molar-refractivity contribution is -0.150. The first-order valence-corrected chi connectivity index (χ1v) is 8.27. The van der Waals surface area contributed by atoms with Gasteiger partial charge in [0.15, 0.2) is 5.60 Å². The summed E-state index contributed by atoms with van der Waals surface area (Å²) < 4.78 is 5.64. The molecule has 2 N–H and O–H groups in total. The molecule has 2 amide bonds. The van der Waals surface area contributed by atoms with Gasteiger partial charge in [-0.05, 0) is 49.9 Å². The van der Waals surface area contributed by atoms with E-state index in [9.17, 15) is 14.7 Å². The van der Waals surface area contributed by atoms with Crippen molar-refractivity contribution in [1.82, 2.24) is 10.2 Å². The number of carbonyl (C=O) groups is 2. The summed E-state index contributed by atoms with van der Waals surface area (Å²) in [5.41, 5.74) is 0.730. The second-order valence-electron chi connectivity index (χ2n) is 6.50. The Kier molecular flexibility index (Phi) is 5.83. The quantitative estimate of drug-likeness (QED) is 0.793. The van der Waals surface area contributed by atoms with Gasteiger partial charge in [0.2, 0.25) is 5.91 Å². The molecule has 132 valence electrons. The molecule has 6 heteroatoms. The predicted octanol–water partition coefficient (Wildman–Crippen LogP) is 1.17. The van der Waals surface area contributed by atoms with Crippen LogP contribution in [0.1, 0.15) is 30.9 Å². The van der Waals surface area contributed by atoms with Crippen molar-refractivity contribution in [2.75, 3.05) is 26.2 Å². The molecule has 0 saturated carbocycles. The van der Waals surface area contributed by atoms with E-state index in [2.05, 4.69) is 11.4 Å². The summed E-state index contributed by atoms with van der Waals surface area (Å²) in [6, 6.07) is 5.94. The first-order chi connectivity index (χ1) is 11.3. The van der Waals surface area contributed by atoms with Gasteiger partial charge in [0, 0.05) is 13.5 Å². The molecule has 0 aliphatic carbocycles. The van der Waals surface area contributed by atoms with E-state index in [0.717, 1.165) is 16.9 Å². The maximum Gasteiger partial charge on any atom is 0.253 e. The van der Waals surface area contributed by atoms with Crippen molar-refractivity contribution >= 4 is 11.8 Å². The number of nitrogens with one attached hydrogen (secondary N) is 1. The van der Waals surface area contributed by atoms with Crippen molar-refractivity contribution in [3.05, 3.63) is 29.3 Å². The summed E-state index contributed by atoms with van der Waals surface area (Å²) in [4.78, 5) is 25.2. The van der Waals surface area contributed by atoms with E-state index in [0.29, 0.717) is 32.5 Å². The topological polar surface area (TPSA) is 78.9 Å². The van der Waals surface area contributed by atoms with Gasteiger partial charge in [-0.15, -0.1) is 0 Å². The Morgan fingerprint density at radius 3 is 2.58 bits per heavy atom. The monoisotopic (exact) mass is 334 g/mol. The molecule has 1 aromatic rings. The number of carbonyl (C=O) groups excluding carboxylic acids is 2. The Labute approximate surface area is 142 Å². The van der Waals surface area contributed by atoms with Crippen molar-refractivity contribution in [2.45, 2.75) is 39.2 Å². The van der Waals surface area contributed by atoms with Crippen LogP contribution in [0.15, 0.2) is 18.2 Å². The Balaban J connectivity index is 1.81. The molecular formula is C18H26N2O4. The van der Waals surface area contributed by atoms with Crippen molar-refractivity contribution in [2.24, 2.45) is 0 Å². The predicted molar refractivity (Wildman–Crippen MR) is 90.9 cm³/mol. The third-order valence-electron chi connectivity index (χ3n) is 4.19. The first-order valence-electron chi connectivity index (χ1n) is 8.27. The number of piperidine rings is 1. The summed E-state index contributed by atoms with van der Waals surface area (Å²) >= 11 is 0. The molecule has 1 aliphatic rings. The minimum absolute atomic E-state index is 0.0477. The highest BCUT2D eigenvalue weighted by atomic mass is 16.5. The summed E-state index contributed by atoms with van der Waals surface area (Å²) in [6.07, 6.45) is 0.975. The van der Waals surface area contributed by atoms with E-state index in [4.69, 9.17) is 4.74 Å². The lowest BCUT2D eigenvalue weighted by Gasteiger charge is -2.37. The van der Waals surface area contributed by atoms with Gasteiger partial charge in [-0.25, -0.2) is 0 Å². The van der Waals surface area contributed by atoms with Gasteiger partial charge >= 0.3 is 0 Å². The average Bonchev–Trinajstić information content (AvgIpc) is 2.50. The number of aryl methyl sites for hydroxylation is 2. The molecule has 2 rings (SSSR count). The molecule has 6 nitrogen and oxygen atoms in total. The summed E-state index contributed by atoms with van der Waals surface area (Å²) in [6.45, 7) is 6.70. The second kappa shape index (κ2) is 7.66. The number of β-amino-alcohol motifs (C(OH)–C–C–N with tert-alkyl or cyclic N) is 1. The molecule has 1 aliphatic heterocycles. The molecule has 0 unspecified atom stereocenters. The third kappa shape index (κ3) is 4.71. The minimum atomic E-state index is -1.51. The van der Waals surface area contributed by atoms with Crippen LogP contribution in [0, 0.1) is 13.8 Å². The Morgan fingerprint density at radius 1 is 1.29 bits per heavy atom. The molecule has 0 spiro atoms. The van der Waals surface area contributed by atoms with Gasteiger partial charge in [0.1, 0.15) is 12.4 Å². The molecule has 1 heterocycles. The maximum atomic E-state index is 12.3. The number of rotatable bonds is 5. The molecule has 24 heavy (non-hydrogen) atoms. The standard InChI is InChI=1S/C18H26N2O4/c1-13-9-14(2)11-16(10-13)24-8-6-19-17(22)18(23)5-4-7-20(12-18)15(3)21/h9-11,23H,4-8,12H2,1-3H3,(H,19,22)/t18-/m1/s1.